The van der Waals surface area contributed by atoms with Crippen LogP contribution >= 0.6 is 0 Å². The Labute approximate surface area is 111 Å². The van der Waals surface area contributed by atoms with Crippen molar-refractivity contribution in [2.75, 3.05) is 5.32 Å². The molecule has 0 bridgehead atoms. The standard InChI is InChI=1S/C15H17NO3/c1-8(15(18)19)9-5-6-13-12(7-9)10-3-2-4-11(10)14(17)16-13/h5-8,10-11H,2-4H2,1H3,(H,16,17)(H,18,19). The largest absolute Gasteiger partial charge is 0.481 e. The number of fused-ring (bicyclic) bond motifs is 3. The van der Waals surface area contributed by atoms with Gasteiger partial charge in [0.1, 0.15) is 0 Å². The number of hydrogen-bond donors (Lipinski definition) is 2. The maximum atomic E-state index is 12.0. The molecule has 2 N–H and O–H groups in total. The number of hydrogen-bond acceptors (Lipinski definition) is 2. The summed E-state index contributed by atoms with van der Waals surface area (Å²) in [6, 6.07) is 5.61. The summed E-state index contributed by atoms with van der Waals surface area (Å²) in [4.78, 5) is 23.0. The van der Waals surface area contributed by atoms with Gasteiger partial charge in [0, 0.05) is 11.6 Å². The van der Waals surface area contributed by atoms with E-state index in [9.17, 15) is 9.59 Å². The molecule has 0 aromatic heterocycles. The van der Waals surface area contributed by atoms with Gasteiger partial charge in [-0.25, -0.2) is 0 Å². The Morgan fingerprint density at radius 2 is 2.11 bits per heavy atom. The summed E-state index contributed by atoms with van der Waals surface area (Å²) >= 11 is 0. The van der Waals surface area contributed by atoms with Gasteiger partial charge in [-0.05, 0) is 42.9 Å². The molecule has 1 heterocycles. The van der Waals surface area contributed by atoms with E-state index in [2.05, 4.69) is 5.32 Å². The molecular formula is C15H17NO3. The molecule has 1 aromatic carbocycles. The number of carboxylic acid groups (broad SMARTS) is 1. The van der Waals surface area contributed by atoms with Crippen molar-refractivity contribution in [1.29, 1.82) is 0 Å². The van der Waals surface area contributed by atoms with Crippen molar-refractivity contribution >= 4 is 17.6 Å². The predicted molar refractivity (Wildman–Crippen MR) is 71.2 cm³/mol. The number of carboxylic acids is 1. The number of aliphatic carboxylic acids is 1. The number of carbonyl (C=O) groups excluding carboxylic acids is 1. The molecule has 3 atom stereocenters. The molecule has 3 rings (SSSR count). The van der Waals surface area contributed by atoms with E-state index in [-0.39, 0.29) is 17.7 Å². The van der Waals surface area contributed by atoms with Crippen molar-refractivity contribution < 1.29 is 14.7 Å². The number of rotatable bonds is 2. The lowest BCUT2D eigenvalue weighted by atomic mass is 9.82. The third kappa shape index (κ3) is 1.91. The SMILES string of the molecule is CC(C(=O)O)c1ccc2c(c1)C1CCCC1C(=O)N2. The van der Waals surface area contributed by atoms with Crippen molar-refractivity contribution in [3.63, 3.8) is 0 Å². The Morgan fingerprint density at radius 1 is 1.37 bits per heavy atom. The second-order valence-electron chi connectivity index (χ2n) is 5.54. The Morgan fingerprint density at radius 3 is 2.84 bits per heavy atom. The Hall–Kier alpha value is -1.84. The molecule has 1 aliphatic heterocycles. The van der Waals surface area contributed by atoms with E-state index in [0.717, 1.165) is 36.1 Å². The van der Waals surface area contributed by atoms with Crippen molar-refractivity contribution in [2.45, 2.75) is 38.0 Å². The Bertz CT molecular complexity index is 552. The van der Waals surface area contributed by atoms with E-state index in [1.165, 1.54) is 0 Å². The molecule has 3 unspecified atom stereocenters. The van der Waals surface area contributed by atoms with Crippen LogP contribution in [0.1, 0.15) is 49.1 Å². The van der Waals surface area contributed by atoms with E-state index >= 15 is 0 Å². The van der Waals surface area contributed by atoms with Gasteiger partial charge >= 0.3 is 5.97 Å². The monoisotopic (exact) mass is 259 g/mol. The predicted octanol–water partition coefficient (Wildman–Crippen LogP) is 2.71. The van der Waals surface area contributed by atoms with Crippen LogP contribution in [0.4, 0.5) is 5.69 Å². The molecule has 2 aliphatic rings. The lowest BCUT2D eigenvalue weighted by molar-refractivity contribution is -0.138. The molecule has 1 aliphatic carbocycles. The van der Waals surface area contributed by atoms with Gasteiger partial charge in [0.15, 0.2) is 0 Å². The normalized spacial score (nSPS) is 26.3. The third-order valence-electron chi connectivity index (χ3n) is 4.46. The van der Waals surface area contributed by atoms with Crippen LogP contribution in [-0.4, -0.2) is 17.0 Å². The molecule has 1 fully saturated rings. The molecule has 0 radical (unpaired) electrons. The Kier molecular flexibility index (Phi) is 2.81. The lowest BCUT2D eigenvalue weighted by Crippen LogP contribution is -2.30. The molecule has 19 heavy (non-hydrogen) atoms. The fraction of sp³-hybridized carbons (Fsp3) is 0.467. The first-order chi connectivity index (χ1) is 9.08. The second kappa shape index (κ2) is 4.37. The second-order valence-corrected chi connectivity index (χ2v) is 5.54. The lowest BCUT2D eigenvalue weighted by Gasteiger charge is -2.29. The molecular weight excluding hydrogens is 242 g/mol. The summed E-state index contributed by atoms with van der Waals surface area (Å²) in [7, 11) is 0. The van der Waals surface area contributed by atoms with E-state index in [4.69, 9.17) is 5.11 Å². The molecule has 0 saturated heterocycles. The van der Waals surface area contributed by atoms with Crippen LogP contribution < -0.4 is 5.32 Å². The fourth-order valence-electron chi connectivity index (χ4n) is 3.29. The molecule has 1 saturated carbocycles. The Balaban J connectivity index is 2.02. The van der Waals surface area contributed by atoms with Gasteiger partial charge < -0.3 is 10.4 Å². The highest BCUT2D eigenvalue weighted by atomic mass is 16.4. The average Bonchev–Trinajstić information content (AvgIpc) is 2.87. The average molecular weight is 259 g/mol. The van der Waals surface area contributed by atoms with Crippen LogP contribution in [0.2, 0.25) is 0 Å². The van der Waals surface area contributed by atoms with Crippen LogP contribution in [0.5, 0.6) is 0 Å². The topological polar surface area (TPSA) is 66.4 Å². The summed E-state index contributed by atoms with van der Waals surface area (Å²) in [5, 5.41) is 12.0. The zero-order chi connectivity index (χ0) is 13.6. The first-order valence-corrected chi connectivity index (χ1v) is 6.75. The summed E-state index contributed by atoms with van der Waals surface area (Å²) < 4.78 is 0. The van der Waals surface area contributed by atoms with Gasteiger partial charge in [0.2, 0.25) is 5.91 Å². The minimum atomic E-state index is -0.817. The van der Waals surface area contributed by atoms with Gasteiger partial charge in [-0.1, -0.05) is 18.6 Å². The van der Waals surface area contributed by atoms with E-state index in [0.29, 0.717) is 0 Å². The highest BCUT2D eigenvalue weighted by Gasteiger charge is 2.39. The summed E-state index contributed by atoms with van der Waals surface area (Å²) in [6.45, 7) is 1.69. The highest BCUT2D eigenvalue weighted by Crippen LogP contribution is 2.46. The van der Waals surface area contributed by atoms with Crippen LogP contribution in [-0.2, 0) is 9.59 Å². The maximum Gasteiger partial charge on any atom is 0.310 e. The highest BCUT2D eigenvalue weighted by molar-refractivity contribution is 5.97. The number of amides is 1. The van der Waals surface area contributed by atoms with Crippen LogP contribution in [0.25, 0.3) is 0 Å². The molecule has 1 amide bonds. The minimum Gasteiger partial charge on any atom is -0.481 e. The van der Waals surface area contributed by atoms with Gasteiger partial charge in [-0.15, -0.1) is 0 Å². The number of nitrogens with one attached hydrogen (secondary N) is 1. The van der Waals surface area contributed by atoms with Gasteiger partial charge in [0.05, 0.1) is 5.92 Å². The van der Waals surface area contributed by atoms with Crippen LogP contribution in [0.3, 0.4) is 0 Å². The smallest absolute Gasteiger partial charge is 0.310 e. The first-order valence-electron chi connectivity index (χ1n) is 6.75. The van der Waals surface area contributed by atoms with Gasteiger partial charge in [0.25, 0.3) is 0 Å². The summed E-state index contributed by atoms with van der Waals surface area (Å²) in [5.41, 5.74) is 2.79. The zero-order valence-electron chi connectivity index (χ0n) is 10.8. The fourth-order valence-corrected chi connectivity index (χ4v) is 3.29. The van der Waals surface area contributed by atoms with E-state index in [1.807, 2.05) is 12.1 Å². The first kappa shape index (κ1) is 12.2. The molecule has 4 nitrogen and oxygen atoms in total. The number of carbonyl (C=O) groups is 2. The number of benzene rings is 1. The van der Waals surface area contributed by atoms with Gasteiger partial charge in [-0.3, -0.25) is 9.59 Å². The quantitative estimate of drug-likeness (QED) is 0.858. The maximum absolute atomic E-state index is 12.0. The summed E-state index contributed by atoms with van der Waals surface area (Å²) in [6.07, 6.45) is 3.03. The third-order valence-corrected chi connectivity index (χ3v) is 4.46. The molecule has 100 valence electrons. The van der Waals surface area contributed by atoms with Crippen molar-refractivity contribution in [3.05, 3.63) is 29.3 Å². The summed E-state index contributed by atoms with van der Waals surface area (Å²) in [5.74, 6) is -0.868. The molecule has 0 spiro atoms. The molecule has 1 aromatic rings. The van der Waals surface area contributed by atoms with E-state index < -0.39 is 11.9 Å². The number of anilines is 1. The zero-order valence-corrected chi connectivity index (χ0v) is 10.8. The molecule has 4 heteroatoms. The minimum absolute atomic E-state index is 0.0721. The van der Waals surface area contributed by atoms with Crippen molar-refractivity contribution in [3.8, 4) is 0 Å². The van der Waals surface area contributed by atoms with Crippen molar-refractivity contribution in [2.24, 2.45) is 5.92 Å². The van der Waals surface area contributed by atoms with E-state index in [1.54, 1.807) is 13.0 Å². The van der Waals surface area contributed by atoms with Crippen LogP contribution in [0, 0.1) is 5.92 Å². The van der Waals surface area contributed by atoms with Gasteiger partial charge in [-0.2, -0.15) is 0 Å². The van der Waals surface area contributed by atoms with Crippen molar-refractivity contribution in [1.82, 2.24) is 0 Å². The van der Waals surface area contributed by atoms with Crippen LogP contribution in [0.15, 0.2) is 18.2 Å².